The summed E-state index contributed by atoms with van der Waals surface area (Å²) in [5.41, 5.74) is -0.724. The summed E-state index contributed by atoms with van der Waals surface area (Å²) in [7, 11) is 0. The number of halogens is 3. The Kier molecular flexibility index (Phi) is 6.08. The van der Waals surface area contributed by atoms with E-state index in [1.54, 1.807) is 11.8 Å². The van der Waals surface area contributed by atoms with Crippen molar-refractivity contribution in [3.05, 3.63) is 23.9 Å². The van der Waals surface area contributed by atoms with Gasteiger partial charge in [-0.3, -0.25) is 4.90 Å². The van der Waals surface area contributed by atoms with Crippen LogP contribution in [0.3, 0.4) is 0 Å². The molecule has 150 valence electrons. The van der Waals surface area contributed by atoms with Crippen LogP contribution >= 0.6 is 0 Å². The predicted octanol–water partition coefficient (Wildman–Crippen LogP) is 2.84. The predicted molar refractivity (Wildman–Crippen MR) is 94.6 cm³/mol. The zero-order valence-electron chi connectivity index (χ0n) is 15.4. The maximum absolute atomic E-state index is 12.6. The third-order valence-electron chi connectivity index (χ3n) is 5.22. The Hall–Kier alpha value is -2.03. The largest absolute Gasteiger partial charge is 0.450 e. The number of ether oxygens (including phenoxy) is 1. The molecule has 0 aromatic carbocycles. The Morgan fingerprint density at radius 2 is 1.81 bits per heavy atom. The zero-order chi connectivity index (χ0) is 19.4. The molecule has 0 N–H and O–H groups in total. The standard InChI is InChI=1S/C18H25F3N4O2/c1-2-27-17(26)25-7-5-15(6-8-25)23-9-11-24(12-10-23)16-4-3-14(13-22-16)18(19,20)21/h3-4,13,15H,2,5-12H2,1H3. The summed E-state index contributed by atoms with van der Waals surface area (Å²) in [4.78, 5) is 21.9. The topological polar surface area (TPSA) is 48.9 Å². The molecular weight excluding hydrogens is 361 g/mol. The van der Waals surface area contributed by atoms with Crippen LogP contribution < -0.4 is 4.90 Å². The molecule has 2 aliphatic heterocycles. The van der Waals surface area contributed by atoms with E-state index in [9.17, 15) is 18.0 Å². The minimum absolute atomic E-state index is 0.242. The van der Waals surface area contributed by atoms with Gasteiger partial charge in [0.1, 0.15) is 5.82 Å². The molecule has 1 aromatic rings. The lowest BCUT2D eigenvalue weighted by Gasteiger charge is -2.42. The highest BCUT2D eigenvalue weighted by Gasteiger charge is 2.32. The third-order valence-corrected chi connectivity index (χ3v) is 5.22. The van der Waals surface area contributed by atoms with Crippen LogP contribution in [0.15, 0.2) is 18.3 Å². The van der Waals surface area contributed by atoms with Crippen LogP contribution in [-0.4, -0.2) is 72.8 Å². The molecule has 0 atom stereocenters. The van der Waals surface area contributed by atoms with Crippen molar-refractivity contribution in [2.45, 2.75) is 32.0 Å². The number of carbonyl (C=O) groups excluding carboxylic acids is 1. The fourth-order valence-corrected chi connectivity index (χ4v) is 3.69. The smallest absolute Gasteiger partial charge is 0.417 e. The lowest BCUT2D eigenvalue weighted by Crippen LogP contribution is -2.54. The average Bonchev–Trinajstić information content (AvgIpc) is 2.68. The summed E-state index contributed by atoms with van der Waals surface area (Å²) in [5, 5.41) is 0. The van der Waals surface area contributed by atoms with Crippen LogP contribution in [0.1, 0.15) is 25.3 Å². The van der Waals surface area contributed by atoms with Crippen molar-refractivity contribution in [3.8, 4) is 0 Å². The quantitative estimate of drug-likeness (QED) is 0.800. The second-order valence-corrected chi connectivity index (χ2v) is 6.84. The highest BCUT2D eigenvalue weighted by molar-refractivity contribution is 5.67. The fraction of sp³-hybridized carbons (Fsp3) is 0.667. The van der Waals surface area contributed by atoms with E-state index in [1.165, 1.54) is 6.07 Å². The number of piperazine rings is 1. The van der Waals surface area contributed by atoms with Gasteiger partial charge in [-0.05, 0) is 31.9 Å². The van der Waals surface area contributed by atoms with Gasteiger partial charge in [-0.15, -0.1) is 0 Å². The van der Waals surface area contributed by atoms with E-state index in [1.807, 2.05) is 4.90 Å². The highest BCUT2D eigenvalue weighted by Crippen LogP contribution is 2.29. The Labute approximate surface area is 156 Å². The van der Waals surface area contributed by atoms with Gasteiger partial charge in [0.25, 0.3) is 0 Å². The number of piperidine rings is 1. The van der Waals surface area contributed by atoms with E-state index in [0.29, 0.717) is 31.6 Å². The number of hydrogen-bond acceptors (Lipinski definition) is 5. The second kappa shape index (κ2) is 8.33. The molecular formula is C18H25F3N4O2. The molecule has 2 saturated heterocycles. The molecule has 0 spiro atoms. The van der Waals surface area contributed by atoms with Gasteiger partial charge in [0.05, 0.1) is 12.2 Å². The van der Waals surface area contributed by atoms with Crippen LogP contribution in [0.5, 0.6) is 0 Å². The first-order valence-corrected chi connectivity index (χ1v) is 9.32. The molecule has 1 aromatic heterocycles. The van der Waals surface area contributed by atoms with Crippen LogP contribution in [0.25, 0.3) is 0 Å². The van der Waals surface area contributed by atoms with Crippen LogP contribution in [-0.2, 0) is 10.9 Å². The van der Waals surface area contributed by atoms with E-state index < -0.39 is 11.7 Å². The molecule has 2 fully saturated rings. The van der Waals surface area contributed by atoms with Gasteiger partial charge in [-0.2, -0.15) is 13.2 Å². The molecule has 9 heteroatoms. The van der Waals surface area contributed by atoms with E-state index in [-0.39, 0.29) is 6.09 Å². The normalized spacial score (nSPS) is 20.0. The summed E-state index contributed by atoms with van der Waals surface area (Å²) in [5.74, 6) is 0.583. The Balaban J connectivity index is 1.47. The van der Waals surface area contributed by atoms with Gasteiger partial charge in [0.2, 0.25) is 0 Å². The number of nitrogens with zero attached hydrogens (tertiary/aromatic N) is 4. The number of aromatic nitrogens is 1. The van der Waals surface area contributed by atoms with Gasteiger partial charge in [-0.1, -0.05) is 0 Å². The maximum atomic E-state index is 12.6. The lowest BCUT2D eigenvalue weighted by molar-refractivity contribution is -0.137. The summed E-state index contributed by atoms with van der Waals surface area (Å²) < 4.78 is 43.0. The van der Waals surface area contributed by atoms with Crippen molar-refractivity contribution in [1.82, 2.24) is 14.8 Å². The number of likely N-dealkylation sites (tertiary alicyclic amines) is 1. The molecule has 3 heterocycles. The molecule has 2 aliphatic rings. The van der Waals surface area contributed by atoms with Crippen molar-refractivity contribution >= 4 is 11.9 Å². The Morgan fingerprint density at radius 3 is 2.33 bits per heavy atom. The zero-order valence-corrected chi connectivity index (χ0v) is 15.4. The molecule has 0 unspecified atom stereocenters. The average molecular weight is 386 g/mol. The second-order valence-electron chi connectivity index (χ2n) is 6.84. The number of alkyl halides is 3. The van der Waals surface area contributed by atoms with Crippen LogP contribution in [0.4, 0.5) is 23.8 Å². The summed E-state index contributed by atoms with van der Waals surface area (Å²) in [6, 6.07) is 2.95. The molecule has 6 nitrogen and oxygen atoms in total. The third kappa shape index (κ3) is 4.82. The first-order valence-electron chi connectivity index (χ1n) is 9.32. The van der Waals surface area contributed by atoms with E-state index in [0.717, 1.165) is 51.3 Å². The minimum atomic E-state index is -4.36. The SMILES string of the molecule is CCOC(=O)N1CCC(N2CCN(c3ccc(C(F)(F)F)cn3)CC2)CC1. The number of rotatable bonds is 3. The van der Waals surface area contributed by atoms with Crippen molar-refractivity contribution in [1.29, 1.82) is 0 Å². The lowest BCUT2D eigenvalue weighted by atomic mass is 10.0. The Morgan fingerprint density at radius 1 is 1.15 bits per heavy atom. The van der Waals surface area contributed by atoms with Crippen molar-refractivity contribution in [2.75, 3.05) is 50.8 Å². The summed E-state index contributed by atoms with van der Waals surface area (Å²) in [6.45, 7) is 6.73. The van der Waals surface area contributed by atoms with Crippen LogP contribution in [0.2, 0.25) is 0 Å². The number of hydrogen-bond donors (Lipinski definition) is 0. The highest BCUT2D eigenvalue weighted by atomic mass is 19.4. The first kappa shape index (κ1) is 19.7. The molecule has 0 radical (unpaired) electrons. The molecule has 1 amide bonds. The van der Waals surface area contributed by atoms with E-state index in [4.69, 9.17) is 4.74 Å². The van der Waals surface area contributed by atoms with Gasteiger partial charge in [-0.25, -0.2) is 9.78 Å². The minimum Gasteiger partial charge on any atom is -0.450 e. The van der Waals surface area contributed by atoms with Crippen molar-refractivity contribution < 1.29 is 22.7 Å². The number of amides is 1. The molecule has 0 aliphatic carbocycles. The molecule has 0 bridgehead atoms. The monoisotopic (exact) mass is 386 g/mol. The van der Waals surface area contributed by atoms with E-state index in [2.05, 4.69) is 9.88 Å². The van der Waals surface area contributed by atoms with Crippen molar-refractivity contribution in [2.24, 2.45) is 0 Å². The van der Waals surface area contributed by atoms with Crippen LogP contribution in [0, 0.1) is 0 Å². The fourth-order valence-electron chi connectivity index (χ4n) is 3.69. The molecule has 3 rings (SSSR count). The van der Waals surface area contributed by atoms with Gasteiger partial charge in [0.15, 0.2) is 0 Å². The molecule has 27 heavy (non-hydrogen) atoms. The molecule has 0 saturated carbocycles. The van der Waals surface area contributed by atoms with Gasteiger partial charge in [0, 0.05) is 51.5 Å². The maximum Gasteiger partial charge on any atom is 0.417 e. The summed E-state index contributed by atoms with van der Waals surface area (Å²) >= 11 is 0. The Bertz CT molecular complexity index is 622. The summed E-state index contributed by atoms with van der Waals surface area (Å²) in [6.07, 6.45) is -1.88. The number of anilines is 1. The van der Waals surface area contributed by atoms with E-state index >= 15 is 0 Å². The number of carbonyl (C=O) groups is 1. The first-order chi connectivity index (χ1) is 12.9. The van der Waals surface area contributed by atoms with Crippen molar-refractivity contribution in [3.63, 3.8) is 0 Å². The van der Waals surface area contributed by atoms with Gasteiger partial charge >= 0.3 is 12.3 Å². The van der Waals surface area contributed by atoms with Gasteiger partial charge < -0.3 is 14.5 Å². The number of pyridine rings is 1.